The summed E-state index contributed by atoms with van der Waals surface area (Å²) in [5.74, 6) is 1.54. The summed E-state index contributed by atoms with van der Waals surface area (Å²) < 4.78 is 5.63. The van der Waals surface area contributed by atoms with Gasteiger partial charge in [-0.25, -0.2) is 0 Å². The second-order valence-corrected chi connectivity index (χ2v) is 4.37. The zero-order chi connectivity index (χ0) is 9.10. The Kier molecular flexibility index (Phi) is 2.98. The minimum Gasteiger partial charge on any atom is -0.338 e. The van der Waals surface area contributed by atoms with E-state index in [1.54, 1.807) is 0 Å². The molecule has 13 heavy (non-hydrogen) atoms. The molecular weight excluding hydrogens is 232 g/mol. The molecule has 0 amide bonds. The molecule has 0 aliphatic heterocycles. The molecule has 0 aromatic carbocycles. The highest BCUT2D eigenvalue weighted by Gasteiger charge is 2.16. The van der Waals surface area contributed by atoms with Crippen molar-refractivity contribution in [3.8, 4) is 0 Å². The molecule has 1 aliphatic carbocycles. The third kappa shape index (κ3) is 2.53. The van der Waals surface area contributed by atoms with Crippen molar-refractivity contribution in [1.29, 1.82) is 0 Å². The van der Waals surface area contributed by atoms with Crippen molar-refractivity contribution in [3.05, 3.63) is 10.6 Å². The van der Waals surface area contributed by atoms with Gasteiger partial charge in [-0.05, 0) is 39.8 Å². The van der Waals surface area contributed by atoms with Crippen LogP contribution < -0.4 is 0 Å². The molecule has 0 atom stereocenters. The van der Waals surface area contributed by atoms with Gasteiger partial charge in [0.25, 0.3) is 0 Å². The standard InChI is InChI=1S/C9H13BrN2O/c10-9-11-8(13-12-9)6-7-4-2-1-3-5-7/h7H,1-6H2. The number of nitrogens with zero attached hydrogens (tertiary/aromatic N) is 2. The number of hydrogen-bond donors (Lipinski definition) is 0. The SMILES string of the molecule is Brc1noc(CC2CCCCC2)n1. The van der Waals surface area contributed by atoms with Crippen LogP contribution in [0.15, 0.2) is 9.26 Å². The minimum absolute atomic E-state index is 0.568. The van der Waals surface area contributed by atoms with Gasteiger partial charge in [0.1, 0.15) is 0 Å². The van der Waals surface area contributed by atoms with E-state index in [9.17, 15) is 0 Å². The highest BCUT2D eigenvalue weighted by atomic mass is 79.9. The Labute approximate surface area is 86.0 Å². The molecule has 0 N–H and O–H groups in total. The van der Waals surface area contributed by atoms with E-state index in [-0.39, 0.29) is 0 Å². The van der Waals surface area contributed by atoms with Gasteiger partial charge in [0.05, 0.1) is 0 Å². The molecule has 1 aliphatic rings. The molecule has 1 fully saturated rings. The first-order valence-corrected chi connectivity index (χ1v) is 5.62. The second kappa shape index (κ2) is 4.22. The summed E-state index contributed by atoms with van der Waals surface area (Å²) in [6.45, 7) is 0. The lowest BCUT2D eigenvalue weighted by Gasteiger charge is -2.19. The molecule has 0 saturated heterocycles. The molecule has 1 saturated carbocycles. The summed E-state index contributed by atoms with van der Waals surface area (Å²) in [7, 11) is 0. The largest absolute Gasteiger partial charge is 0.338 e. The highest BCUT2D eigenvalue weighted by Crippen LogP contribution is 2.26. The van der Waals surface area contributed by atoms with E-state index in [2.05, 4.69) is 26.1 Å². The zero-order valence-corrected chi connectivity index (χ0v) is 9.09. The van der Waals surface area contributed by atoms with E-state index < -0.39 is 0 Å². The van der Waals surface area contributed by atoms with Gasteiger partial charge in [0.2, 0.25) is 10.6 Å². The highest BCUT2D eigenvalue weighted by molar-refractivity contribution is 9.10. The quantitative estimate of drug-likeness (QED) is 0.804. The summed E-state index contributed by atoms with van der Waals surface area (Å²) >= 11 is 3.18. The van der Waals surface area contributed by atoms with Crippen LogP contribution in [0, 0.1) is 5.92 Å². The first kappa shape index (κ1) is 9.19. The van der Waals surface area contributed by atoms with Crippen LogP contribution in [0.1, 0.15) is 38.0 Å². The molecular formula is C9H13BrN2O. The van der Waals surface area contributed by atoms with Gasteiger partial charge in [-0.2, -0.15) is 4.98 Å². The van der Waals surface area contributed by atoms with Crippen molar-refractivity contribution in [2.45, 2.75) is 38.5 Å². The van der Waals surface area contributed by atoms with Crippen LogP contribution in [0.2, 0.25) is 0 Å². The van der Waals surface area contributed by atoms with Crippen LogP contribution >= 0.6 is 15.9 Å². The lowest BCUT2D eigenvalue weighted by molar-refractivity contribution is 0.304. The van der Waals surface area contributed by atoms with Gasteiger partial charge >= 0.3 is 0 Å². The molecule has 0 radical (unpaired) electrons. The van der Waals surface area contributed by atoms with Gasteiger partial charge in [-0.3, -0.25) is 0 Å². The Morgan fingerprint density at radius 3 is 2.69 bits per heavy atom. The van der Waals surface area contributed by atoms with Crippen molar-refractivity contribution in [2.75, 3.05) is 0 Å². The number of aromatic nitrogens is 2. The smallest absolute Gasteiger partial charge is 0.238 e. The van der Waals surface area contributed by atoms with E-state index in [4.69, 9.17) is 4.52 Å². The Balaban J connectivity index is 1.89. The molecule has 0 bridgehead atoms. The molecule has 0 spiro atoms. The topological polar surface area (TPSA) is 38.9 Å². The predicted octanol–water partition coefficient (Wildman–Crippen LogP) is 2.95. The normalized spacial score (nSPS) is 19.2. The lowest BCUT2D eigenvalue weighted by atomic mass is 9.87. The fourth-order valence-corrected chi connectivity index (χ4v) is 2.23. The van der Waals surface area contributed by atoms with Gasteiger partial charge in [0.15, 0.2) is 0 Å². The maximum atomic E-state index is 5.06. The van der Waals surface area contributed by atoms with E-state index >= 15 is 0 Å². The fraction of sp³-hybridized carbons (Fsp3) is 0.778. The van der Waals surface area contributed by atoms with Crippen molar-refractivity contribution in [2.24, 2.45) is 5.92 Å². The monoisotopic (exact) mass is 244 g/mol. The van der Waals surface area contributed by atoms with Crippen molar-refractivity contribution in [3.63, 3.8) is 0 Å². The van der Waals surface area contributed by atoms with Gasteiger partial charge in [-0.15, -0.1) is 0 Å². The van der Waals surface area contributed by atoms with Crippen molar-refractivity contribution < 1.29 is 4.52 Å². The van der Waals surface area contributed by atoms with Crippen molar-refractivity contribution in [1.82, 2.24) is 10.1 Å². The van der Waals surface area contributed by atoms with Gasteiger partial charge in [-0.1, -0.05) is 19.3 Å². The molecule has 1 aromatic heterocycles. The third-order valence-electron chi connectivity index (χ3n) is 2.63. The number of rotatable bonds is 2. The Hall–Kier alpha value is -0.380. The van der Waals surface area contributed by atoms with Crippen LogP contribution in [-0.4, -0.2) is 10.1 Å². The Morgan fingerprint density at radius 2 is 2.08 bits per heavy atom. The molecule has 3 nitrogen and oxygen atoms in total. The van der Waals surface area contributed by atoms with Crippen LogP contribution in [0.5, 0.6) is 0 Å². The van der Waals surface area contributed by atoms with E-state index in [1.807, 2.05) is 0 Å². The average Bonchev–Trinajstić information content (AvgIpc) is 2.53. The summed E-state index contributed by atoms with van der Waals surface area (Å²) in [6.07, 6.45) is 7.71. The van der Waals surface area contributed by atoms with Gasteiger partial charge in [0, 0.05) is 6.42 Å². The average molecular weight is 245 g/mol. The Morgan fingerprint density at radius 1 is 1.31 bits per heavy atom. The molecule has 4 heteroatoms. The predicted molar refractivity (Wildman–Crippen MR) is 52.3 cm³/mol. The first-order valence-electron chi connectivity index (χ1n) is 4.82. The zero-order valence-electron chi connectivity index (χ0n) is 7.50. The maximum absolute atomic E-state index is 5.06. The maximum Gasteiger partial charge on any atom is 0.238 e. The van der Waals surface area contributed by atoms with Crippen LogP contribution in [-0.2, 0) is 6.42 Å². The van der Waals surface area contributed by atoms with E-state index in [0.717, 1.165) is 18.2 Å². The lowest BCUT2D eigenvalue weighted by Crippen LogP contribution is -2.09. The van der Waals surface area contributed by atoms with Crippen LogP contribution in [0.3, 0.4) is 0 Å². The van der Waals surface area contributed by atoms with Crippen molar-refractivity contribution >= 4 is 15.9 Å². The number of hydrogen-bond acceptors (Lipinski definition) is 3. The third-order valence-corrected chi connectivity index (χ3v) is 2.95. The summed E-state index contributed by atoms with van der Waals surface area (Å²) in [5.41, 5.74) is 0. The van der Waals surface area contributed by atoms with E-state index in [0.29, 0.717) is 4.73 Å². The summed E-state index contributed by atoms with van der Waals surface area (Å²) in [6, 6.07) is 0. The number of halogens is 1. The first-order chi connectivity index (χ1) is 6.34. The molecule has 72 valence electrons. The summed E-state index contributed by atoms with van der Waals surface area (Å²) in [5, 5.41) is 3.71. The molecule has 1 heterocycles. The molecule has 0 unspecified atom stereocenters. The summed E-state index contributed by atoms with van der Waals surface area (Å²) in [4.78, 5) is 4.14. The molecule has 2 rings (SSSR count). The molecule has 1 aromatic rings. The van der Waals surface area contributed by atoms with Crippen LogP contribution in [0.4, 0.5) is 0 Å². The van der Waals surface area contributed by atoms with E-state index in [1.165, 1.54) is 32.1 Å². The van der Waals surface area contributed by atoms with Crippen LogP contribution in [0.25, 0.3) is 0 Å². The fourth-order valence-electron chi connectivity index (χ4n) is 1.96. The van der Waals surface area contributed by atoms with Gasteiger partial charge < -0.3 is 4.52 Å². The second-order valence-electron chi connectivity index (χ2n) is 3.67. The Bertz CT molecular complexity index is 268. The minimum atomic E-state index is 0.568.